The van der Waals surface area contributed by atoms with Gasteiger partial charge in [-0.1, -0.05) is 13.8 Å². The quantitative estimate of drug-likeness (QED) is 0.486. The summed E-state index contributed by atoms with van der Waals surface area (Å²) in [6.07, 6.45) is 2.46. The smallest absolute Gasteiger partial charge is 0.179 e. The molecule has 0 aliphatic rings. The van der Waals surface area contributed by atoms with Crippen molar-refractivity contribution in [1.29, 1.82) is 0 Å². The molecule has 0 aromatic heterocycles. The van der Waals surface area contributed by atoms with Crippen LogP contribution in [0.25, 0.3) is 0 Å². The molecular formula is C9H23N2PSi. The van der Waals surface area contributed by atoms with E-state index >= 15 is 0 Å². The summed E-state index contributed by atoms with van der Waals surface area (Å²) in [6.45, 7) is 13.7. The van der Waals surface area contributed by atoms with E-state index in [2.05, 4.69) is 38.2 Å². The molecule has 0 aromatic carbocycles. The molecule has 2 nitrogen and oxygen atoms in total. The minimum absolute atomic E-state index is 1.18. The van der Waals surface area contributed by atoms with E-state index < -0.39 is 8.24 Å². The van der Waals surface area contributed by atoms with Crippen molar-refractivity contribution in [2.75, 3.05) is 13.1 Å². The average Bonchev–Trinajstić information content (AvgIpc) is 2.00. The highest BCUT2D eigenvalue weighted by atomic mass is 31.1. The predicted octanol–water partition coefficient (Wildman–Crippen LogP) is 3.99. The number of nitrogens with zero attached hydrogens (tertiary/aromatic N) is 2. The van der Waals surface area contributed by atoms with Gasteiger partial charge in [-0.15, -0.1) is 0 Å². The van der Waals surface area contributed by atoms with Gasteiger partial charge >= 0.3 is 0 Å². The highest BCUT2D eigenvalue weighted by Gasteiger charge is 2.11. The van der Waals surface area contributed by atoms with Gasteiger partial charge in [0, 0.05) is 13.1 Å². The van der Waals surface area contributed by atoms with Crippen LogP contribution < -0.4 is 0 Å². The maximum Gasteiger partial charge on any atom is 0.179 e. The van der Waals surface area contributed by atoms with Crippen LogP contribution in [0.5, 0.6) is 0 Å². The first-order valence-electron chi connectivity index (χ1n) is 5.17. The van der Waals surface area contributed by atoms with Crippen molar-refractivity contribution >= 4 is 16.8 Å². The van der Waals surface area contributed by atoms with Gasteiger partial charge in [-0.3, -0.25) is 4.41 Å². The van der Waals surface area contributed by atoms with Gasteiger partial charge in [0.05, 0.1) is 8.52 Å². The molecule has 0 fully saturated rings. The molecule has 78 valence electrons. The van der Waals surface area contributed by atoms with Crippen LogP contribution in [0.3, 0.4) is 0 Å². The minimum Gasteiger partial charge on any atom is -0.293 e. The fourth-order valence-corrected chi connectivity index (χ4v) is 3.07. The van der Waals surface area contributed by atoms with E-state index in [1.54, 1.807) is 0 Å². The van der Waals surface area contributed by atoms with Crippen LogP contribution >= 0.6 is 8.52 Å². The standard InChI is InChI=1S/C9H23N2PSi/c1-6-8-11(9-7-2)12-10-13(3,4)5/h6-9H2,1-5H3. The second-order valence-electron chi connectivity index (χ2n) is 4.31. The first kappa shape index (κ1) is 13.3. The minimum atomic E-state index is -1.21. The molecule has 0 bridgehead atoms. The van der Waals surface area contributed by atoms with Crippen molar-refractivity contribution in [2.45, 2.75) is 46.3 Å². The summed E-state index contributed by atoms with van der Waals surface area (Å²) in [6, 6.07) is 0. The van der Waals surface area contributed by atoms with Crippen LogP contribution in [0.2, 0.25) is 19.6 Å². The Balaban J connectivity index is 4.00. The van der Waals surface area contributed by atoms with E-state index in [-0.39, 0.29) is 0 Å². The van der Waals surface area contributed by atoms with Gasteiger partial charge in [0.1, 0.15) is 0 Å². The molecule has 0 saturated heterocycles. The Morgan fingerprint density at radius 3 is 1.85 bits per heavy atom. The van der Waals surface area contributed by atoms with Gasteiger partial charge in [0.2, 0.25) is 0 Å². The maximum absolute atomic E-state index is 4.73. The molecular weight excluding hydrogens is 195 g/mol. The lowest BCUT2D eigenvalue weighted by molar-refractivity contribution is 0.463. The number of rotatable bonds is 6. The third-order valence-electron chi connectivity index (χ3n) is 1.43. The molecule has 0 atom stereocenters. The monoisotopic (exact) mass is 218 g/mol. The third kappa shape index (κ3) is 8.60. The van der Waals surface area contributed by atoms with Crippen LogP contribution in [-0.2, 0) is 0 Å². The third-order valence-corrected chi connectivity index (χ3v) is 4.85. The molecule has 0 radical (unpaired) electrons. The van der Waals surface area contributed by atoms with Crippen molar-refractivity contribution < 1.29 is 0 Å². The zero-order valence-electron chi connectivity index (χ0n) is 9.67. The summed E-state index contributed by atoms with van der Waals surface area (Å²) < 4.78 is 7.16. The van der Waals surface area contributed by atoms with Crippen molar-refractivity contribution in [2.24, 2.45) is 4.41 Å². The summed E-state index contributed by atoms with van der Waals surface area (Å²) in [5, 5.41) is 0. The zero-order valence-corrected chi connectivity index (χ0v) is 11.6. The van der Waals surface area contributed by atoms with Crippen LogP contribution in [0.1, 0.15) is 26.7 Å². The fourth-order valence-electron chi connectivity index (χ4n) is 0.915. The predicted molar refractivity (Wildman–Crippen MR) is 64.8 cm³/mol. The molecule has 0 spiro atoms. The summed E-state index contributed by atoms with van der Waals surface area (Å²) in [4.78, 5) is 0. The topological polar surface area (TPSA) is 15.6 Å². The molecule has 0 aliphatic heterocycles. The summed E-state index contributed by atoms with van der Waals surface area (Å²) in [5.41, 5.74) is 0. The second kappa shape index (κ2) is 6.69. The fraction of sp³-hybridized carbons (Fsp3) is 1.00. The van der Waals surface area contributed by atoms with Gasteiger partial charge in [0.15, 0.2) is 8.24 Å². The molecule has 4 heteroatoms. The normalized spacial score (nSPS) is 13.1. The summed E-state index contributed by atoms with van der Waals surface area (Å²) in [5.74, 6) is 0. The molecule has 0 unspecified atom stereocenters. The highest BCUT2D eigenvalue weighted by molar-refractivity contribution is 7.26. The van der Waals surface area contributed by atoms with E-state index in [1.807, 2.05) is 0 Å². The molecule has 0 aromatic rings. The molecule has 0 saturated carbocycles. The molecule has 0 rings (SSSR count). The Kier molecular flexibility index (Phi) is 6.83. The van der Waals surface area contributed by atoms with Crippen LogP contribution in [0.4, 0.5) is 0 Å². The average molecular weight is 218 g/mol. The highest BCUT2D eigenvalue weighted by Crippen LogP contribution is 2.16. The first-order valence-corrected chi connectivity index (χ1v) is 9.42. The molecule has 0 amide bonds. The van der Waals surface area contributed by atoms with E-state index in [0.717, 1.165) is 0 Å². The van der Waals surface area contributed by atoms with E-state index in [9.17, 15) is 0 Å². The lowest BCUT2D eigenvalue weighted by atomic mass is 10.4. The van der Waals surface area contributed by atoms with Gasteiger partial charge < -0.3 is 0 Å². The van der Waals surface area contributed by atoms with Gasteiger partial charge in [-0.05, 0) is 32.5 Å². The van der Waals surface area contributed by atoms with E-state index in [0.29, 0.717) is 0 Å². The molecule has 13 heavy (non-hydrogen) atoms. The largest absolute Gasteiger partial charge is 0.293 e. The maximum atomic E-state index is 4.73. The van der Waals surface area contributed by atoms with Crippen molar-refractivity contribution in [3.8, 4) is 0 Å². The summed E-state index contributed by atoms with van der Waals surface area (Å²) in [7, 11) is -0.00397. The molecule has 0 heterocycles. The Morgan fingerprint density at radius 1 is 1.08 bits per heavy atom. The van der Waals surface area contributed by atoms with Crippen molar-refractivity contribution in [1.82, 2.24) is 4.67 Å². The lowest BCUT2D eigenvalue weighted by Gasteiger charge is -2.16. The number of hydrogen-bond acceptors (Lipinski definition) is 1. The zero-order chi connectivity index (χ0) is 10.3. The molecule has 0 aliphatic carbocycles. The van der Waals surface area contributed by atoms with Gasteiger partial charge in [0.25, 0.3) is 0 Å². The molecule has 0 N–H and O–H groups in total. The Morgan fingerprint density at radius 2 is 1.54 bits per heavy atom. The van der Waals surface area contributed by atoms with E-state index in [4.69, 9.17) is 4.41 Å². The van der Waals surface area contributed by atoms with Gasteiger partial charge in [-0.2, -0.15) is 0 Å². The Bertz CT molecular complexity index is 148. The van der Waals surface area contributed by atoms with Crippen molar-refractivity contribution in [3.63, 3.8) is 0 Å². The van der Waals surface area contributed by atoms with E-state index in [1.165, 1.54) is 34.5 Å². The number of hydrogen-bond donors (Lipinski definition) is 0. The first-order chi connectivity index (χ1) is 5.99. The second-order valence-corrected chi connectivity index (χ2v) is 10.2. The van der Waals surface area contributed by atoms with Crippen molar-refractivity contribution in [3.05, 3.63) is 0 Å². The SMILES string of the molecule is CCCN(CCC)P=N[Si](C)(C)C. The Hall–Kier alpha value is 0.277. The van der Waals surface area contributed by atoms with Gasteiger partial charge in [-0.25, -0.2) is 4.67 Å². The Labute approximate surface area is 85.8 Å². The van der Waals surface area contributed by atoms with Crippen LogP contribution in [-0.4, -0.2) is 26.0 Å². The van der Waals surface area contributed by atoms with Crippen LogP contribution in [0, 0.1) is 0 Å². The lowest BCUT2D eigenvalue weighted by Crippen LogP contribution is -2.18. The van der Waals surface area contributed by atoms with Crippen LogP contribution in [0.15, 0.2) is 4.41 Å². The summed E-state index contributed by atoms with van der Waals surface area (Å²) >= 11 is 0.